The van der Waals surface area contributed by atoms with Crippen LogP contribution in [0.2, 0.25) is 0 Å². The van der Waals surface area contributed by atoms with Gasteiger partial charge in [-0.15, -0.1) is 11.3 Å². The number of carbonyl (C=O) groups is 1. The van der Waals surface area contributed by atoms with Crippen LogP contribution in [0.4, 0.5) is 5.69 Å². The predicted octanol–water partition coefficient (Wildman–Crippen LogP) is 4.21. The summed E-state index contributed by atoms with van der Waals surface area (Å²) >= 11 is 1.46. The van der Waals surface area contributed by atoms with Gasteiger partial charge in [0.25, 0.3) is 5.91 Å². The van der Waals surface area contributed by atoms with E-state index in [-0.39, 0.29) is 5.91 Å². The van der Waals surface area contributed by atoms with Gasteiger partial charge in [-0.05, 0) is 55.9 Å². The molecule has 3 aromatic rings. The third kappa shape index (κ3) is 5.70. The predicted molar refractivity (Wildman–Crippen MR) is 126 cm³/mol. The molecule has 0 radical (unpaired) electrons. The number of anilines is 1. The molecule has 7 heteroatoms. The van der Waals surface area contributed by atoms with Crippen LogP contribution in [0.3, 0.4) is 0 Å². The number of ether oxygens (including phenoxy) is 1. The van der Waals surface area contributed by atoms with Crippen molar-refractivity contribution in [1.82, 2.24) is 14.8 Å². The van der Waals surface area contributed by atoms with E-state index < -0.39 is 0 Å². The van der Waals surface area contributed by atoms with Crippen LogP contribution in [-0.4, -0.2) is 60.5 Å². The summed E-state index contributed by atoms with van der Waals surface area (Å²) in [5.41, 5.74) is 3.41. The number of carbonyl (C=O) groups excluding carboxylic acids is 1. The molecule has 4 rings (SSSR count). The average molecular weight is 437 g/mol. The largest absolute Gasteiger partial charge is 0.494 e. The van der Waals surface area contributed by atoms with Crippen molar-refractivity contribution in [2.75, 3.05) is 45.2 Å². The van der Waals surface area contributed by atoms with Crippen molar-refractivity contribution < 1.29 is 9.53 Å². The van der Waals surface area contributed by atoms with E-state index >= 15 is 0 Å². The molecular formula is C24H28N4O2S. The van der Waals surface area contributed by atoms with Gasteiger partial charge in [0.05, 0.1) is 6.61 Å². The molecule has 162 valence electrons. The first-order valence-electron chi connectivity index (χ1n) is 10.6. The zero-order chi connectivity index (χ0) is 21.6. The standard InChI is InChI=1S/C24H28N4O2S/c1-3-30-21-9-7-19(8-10-21)24-26-22(17-31-24)23(29)25-20-6-4-5-18(15-20)16-28-13-11-27(2)12-14-28/h4-10,15,17H,3,11-14,16H2,1-2H3,(H,25,29). The number of likely N-dealkylation sites (N-methyl/N-ethyl adjacent to an activating group) is 1. The number of piperazine rings is 1. The number of benzene rings is 2. The van der Waals surface area contributed by atoms with Crippen LogP contribution >= 0.6 is 11.3 Å². The lowest BCUT2D eigenvalue weighted by Gasteiger charge is -2.32. The van der Waals surface area contributed by atoms with E-state index in [0.29, 0.717) is 12.3 Å². The van der Waals surface area contributed by atoms with Gasteiger partial charge in [-0.25, -0.2) is 4.98 Å². The Bertz CT molecular complexity index is 1010. The molecule has 1 aliphatic heterocycles. The summed E-state index contributed by atoms with van der Waals surface area (Å²) in [7, 11) is 2.16. The van der Waals surface area contributed by atoms with E-state index in [1.165, 1.54) is 16.9 Å². The number of hydrogen-bond donors (Lipinski definition) is 1. The molecule has 1 aliphatic rings. The van der Waals surface area contributed by atoms with Gasteiger partial charge in [-0.2, -0.15) is 0 Å². The lowest BCUT2D eigenvalue weighted by molar-refractivity contribution is 0.102. The van der Waals surface area contributed by atoms with E-state index in [1.54, 1.807) is 5.38 Å². The van der Waals surface area contributed by atoms with Gasteiger partial charge < -0.3 is 15.0 Å². The Balaban J connectivity index is 1.38. The van der Waals surface area contributed by atoms with E-state index in [1.807, 2.05) is 43.3 Å². The maximum atomic E-state index is 12.7. The minimum Gasteiger partial charge on any atom is -0.494 e. The molecule has 1 aromatic heterocycles. The van der Waals surface area contributed by atoms with Gasteiger partial charge in [0.1, 0.15) is 16.5 Å². The lowest BCUT2D eigenvalue weighted by Crippen LogP contribution is -2.43. The normalized spacial score (nSPS) is 15.0. The maximum absolute atomic E-state index is 12.7. The second-order valence-electron chi connectivity index (χ2n) is 7.73. The van der Waals surface area contributed by atoms with Crippen LogP contribution in [0, 0.1) is 0 Å². The Morgan fingerprint density at radius 1 is 1.13 bits per heavy atom. The summed E-state index contributed by atoms with van der Waals surface area (Å²) in [5, 5.41) is 5.61. The lowest BCUT2D eigenvalue weighted by atomic mass is 10.1. The summed E-state index contributed by atoms with van der Waals surface area (Å²) in [6.07, 6.45) is 0. The molecule has 0 unspecified atom stereocenters. The fraction of sp³-hybridized carbons (Fsp3) is 0.333. The van der Waals surface area contributed by atoms with E-state index in [0.717, 1.165) is 54.7 Å². The van der Waals surface area contributed by atoms with Crippen molar-refractivity contribution in [1.29, 1.82) is 0 Å². The van der Waals surface area contributed by atoms with Gasteiger partial charge in [-0.1, -0.05) is 12.1 Å². The van der Waals surface area contributed by atoms with Crippen molar-refractivity contribution in [2.45, 2.75) is 13.5 Å². The Morgan fingerprint density at radius 3 is 2.65 bits per heavy atom. The van der Waals surface area contributed by atoms with E-state index in [2.05, 4.69) is 39.3 Å². The van der Waals surface area contributed by atoms with Crippen LogP contribution in [0.1, 0.15) is 23.0 Å². The number of amides is 1. The molecule has 0 bridgehead atoms. The fourth-order valence-corrected chi connectivity index (χ4v) is 4.38. The molecule has 0 atom stereocenters. The highest BCUT2D eigenvalue weighted by atomic mass is 32.1. The molecule has 0 aliphatic carbocycles. The molecular weight excluding hydrogens is 408 g/mol. The zero-order valence-corrected chi connectivity index (χ0v) is 18.8. The first-order valence-corrected chi connectivity index (χ1v) is 11.5. The minimum absolute atomic E-state index is 0.190. The Morgan fingerprint density at radius 2 is 1.90 bits per heavy atom. The number of aromatic nitrogens is 1. The Labute approximate surface area is 187 Å². The highest BCUT2D eigenvalue weighted by molar-refractivity contribution is 7.13. The summed E-state index contributed by atoms with van der Waals surface area (Å²) in [6.45, 7) is 7.82. The zero-order valence-electron chi connectivity index (χ0n) is 18.0. The number of nitrogens with zero attached hydrogens (tertiary/aromatic N) is 3. The smallest absolute Gasteiger partial charge is 0.275 e. The Kier molecular flexibility index (Phi) is 6.96. The summed E-state index contributed by atoms with van der Waals surface area (Å²) in [6, 6.07) is 15.9. The van der Waals surface area contributed by atoms with Gasteiger partial charge in [0.2, 0.25) is 0 Å². The second kappa shape index (κ2) is 10.0. The average Bonchev–Trinajstić information content (AvgIpc) is 3.27. The molecule has 1 fully saturated rings. The van der Waals surface area contributed by atoms with Crippen LogP contribution < -0.4 is 10.1 Å². The maximum Gasteiger partial charge on any atom is 0.275 e. The second-order valence-corrected chi connectivity index (χ2v) is 8.59. The van der Waals surface area contributed by atoms with Crippen molar-refractivity contribution in [2.24, 2.45) is 0 Å². The first-order chi connectivity index (χ1) is 15.1. The summed E-state index contributed by atoms with van der Waals surface area (Å²) < 4.78 is 5.48. The number of rotatable bonds is 7. The minimum atomic E-state index is -0.190. The highest BCUT2D eigenvalue weighted by Gasteiger charge is 2.15. The van der Waals surface area contributed by atoms with Crippen LogP contribution in [0.25, 0.3) is 10.6 Å². The molecule has 0 spiro atoms. The van der Waals surface area contributed by atoms with E-state index in [4.69, 9.17) is 4.74 Å². The van der Waals surface area contributed by atoms with Crippen molar-refractivity contribution in [3.8, 4) is 16.3 Å². The van der Waals surface area contributed by atoms with Gasteiger partial charge in [0, 0.05) is 49.4 Å². The molecule has 6 nitrogen and oxygen atoms in total. The molecule has 31 heavy (non-hydrogen) atoms. The van der Waals surface area contributed by atoms with E-state index in [9.17, 15) is 4.79 Å². The number of thiazole rings is 1. The summed E-state index contributed by atoms with van der Waals surface area (Å²) in [4.78, 5) is 22.1. The van der Waals surface area contributed by atoms with Crippen molar-refractivity contribution >= 4 is 22.9 Å². The van der Waals surface area contributed by atoms with Crippen LogP contribution in [-0.2, 0) is 6.54 Å². The van der Waals surface area contributed by atoms with Crippen LogP contribution in [0.15, 0.2) is 53.9 Å². The van der Waals surface area contributed by atoms with Gasteiger partial charge >= 0.3 is 0 Å². The molecule has 2 aromatic carbocycles. The van der Waals surface area contributed by atoms with Crippen LogP contribution in [0.5, 0.6) is 5.75 Å². The molecule has 2 heterocycles. The molecule has 1 saturated heterocycles. The SMILES string of the molecule is CCOc1ccc(-c2nc(C(=O)Nc3cccc(CN4CCN(C)CC4)c3)cs2)cc1. The topological polar surface area (TPSA) is 57.7 Å². The van der Waals surface area contributed by atoms with Gasteiger partial charge in [0.15, 0.2) is 0 Å². The van der Waals surface area contributed by atoms with Gasteiger partial charge in [-0.3, -0.25) is 9.69 Å². The molecule has 1 amide bonds. The monoisotopic (exact) mass is 436 g/mol. The van der Waals surface area contributed by atoms with Crippen molar-refractivity contribution in [3.05, 3.63) is 65.2 Å². The fourth-order valence-electron chi connectivity index (χ4n) is 3.58. The third-order valence-electron chi connectivity index (χ3n) is 5.34. The quantitative estimate of drug-likeness (QED) is 0.601. The van der Waals surface area contributed by atoms with Crippen molar-refractivity contribution in [3.63, 3.8) is 0 Å². The highest BCUT2D eigenvalue weighted by Crippen LogP contribution is 2.26. The Hall–Kier alpha value is -2.74. The summed E-state index contributed by atoms with van der Waals surface area (Å²) in [5.74, 6) is 0.641. The first kappa shape index (κ1) is 21.5. The number of hydrogen-bond acceptors (Lipinski definition) is 6. The molecule has 1 N–H and O–H groups in total. The number of nitrogens with one attached hydrogen (secondary N) is 1. The third-order valence-corrected chi connectivity index (χ3v) is 6.23. The molecule has 0 saturated carbocycles.